The summed E-state index contributed by atoms with van der Waals surface area (Å²) in [4.78, 5) is 31.3. The summed E-state index contributed by atoms with van der Waals surface area (Å²) in [5.41, 5.74) is 6.59. The van der Waals surface area contributed by atoms with E-state index in [0.717, 1.165) is 18.0 Å². The van der Waals surface area contributed by atoms with Crippen LogP contribution >= 0.6 is 11.8 Å². The van der Waals surface area contributed by atoms with Crippen molar-refractivity contribution in [2.24, 2.45) is 0 Å². The largest absolute Gasteiger partial charge is 0.368 e. The Morgan fingerprint density at radius 2 is 2.21 bits per heavy atom. The number of nitrogens with zero attached hydrogens (tertiary/aromatic N) is 5. The quantitative estimate of drug-likeness (QED) is 0.360. The number of imidazole rings is 2. The van der Waals surface area contributed by atoms with Gasteiger partial charge in [-0.3, -0.25) is 0 Å². The Hall–Kier alpha value is -2.69. The molecular weight excluding hydrogens is 272 g/mol. The molecule has 0 aliphatic rings. The van der Waals surface area contributed by atoms with E-state index in [2.05, 4.69) is 29.9 Å². The SMILES string of the molecule is Nc1nc(Sc2ncc([N+](=O)[O-])[nH]2)c2[nH]cnc2n1. The van der Waals surface area contributed by atoms with Gasteiger partial charge < -0.3 is 20.8 Å². The van der Waals surface area contributed by atoms with Gasteiger partial charge >= 0.3 is 5.82 Å². The summed E-state index contributed by atoms with van der Waals surface area (Å²) >= 11 is 1.10. The molecule has 0 unspecified atom stereocenters. The highest BCUT2D eigenvalue weighted by atomic mass is 32.2. The molecule has 3 rings (SSSR count). The van der Waals surface area contributed by atoms with Gasteiger partial charge in [0.2, 0.25) is 5.95 Å². The van der Waals surface area contributed by atoms with E-state index in [4.69, 9.17) is 5.73 Å². The zero-order valence-corrected chi connectivity index (χ0v) is 10.0. The van der Waals surface area contributed by atoms with Crippen molar-refractivity contribution >= 4 is 34.7 Å². The van der Waals surface area contributed by atoms with Crippen molar-refractivity contribution in [2.75, 3.05) is 5.73 Å². The third kappa shape index (κ3) is 2.06. The molecule has 0 atom stereocenters. The average Bonchev–Trinajstić information content (AvgIpc) is 2.96. The van der Waals surface area contributed by atoms with Gasteiger partial charge in [-0.1, -0.05) is 0 Å². The molecule has 0 aromatic carbocycles. The molecule has 3 aromatic heterocycles. The van der Waals surface area contributed by atoms with Crippen LogP contribution in [0.15, 0.2) is 22.7 Å². The van der Waals surface area contributed by atoms with Crippen LogP contribution < -0.4 is 5.73 Å². The number of aromatic amines is 2. The fourth-order valence-corrected chi connectivity index (χ4v) is 2.26. The molecule has 0 saturated heterocycles. The first-order valence-corrected chi connectivity index (χ1v) is 5.79. The first-order chi connectivity index (χ1) is 9.13. The minimum absolute atomic E-state index is 0.0724. The van der Waals surface area contributed by atoms with E-state index in [0.29, 0.717) is 21.3 Å². The van der Waals surface area contributed by atoms with E-state index in [1.54, 1.807) is 0 Å². The van der Waals surface area contributed by atoms with Crippen LogP contribution in [0.1, 0.15) is 0 Å². The van der Waals surface area contributed by atoms with Crippen LogP contribution in [0.2, 0.25) is 0 Å². The molecule has 3 aromatic rings. The van der Waals surface area contributed by atoms with Crippen molar-refractivity contribution in [3.63, 3.8) is 0 Å². The van der Waals surface area contributed by atoms with E-state index in [1.807, 2.05) is 0 Å². The lowest BCUT2D eigenvalue weighted by Crippen LogP contribution is -1.97. The molecule has 0 saturated carbocycles. The monoisotopic (exact) mass is 278 g/mol. The minimum Gasteiger partial charge on any atom is -0.368 e. The molecular formula is C8H6N8O2S. The van der Waals surface area contributed by atoms with Crippen LogP contribution in [-0.4, -0.2) is 34.8 Å². The Bertz CT molecular complexity index is 765. The van der Waals surface area contributed by atoms with Gasteiger partial charge in [0.25, 0.3) is 5.16 Å². The van der Waals surface area contributed by atoms with Gasteiger partial charge in [0, 0.05) is 0 Å². The Balaban J connectivity index is 2.00. The number of nitrogens with two attached hydrogens (primary N) is 1. The molecule has 0 spiro atoms. The van der Waals surface area contributed by atoms with Crippen molar-refractivity contribution in [1.29, 1.82) is 0 Å². The highest BCUT2D eigenvalue weighted by molar-refractivity contribution is 7.99. The van der Waals surface area contributed by atoms with Crippen molar-refractivity contribution in [2.45, 2.75) is 10.2 Å². The van der Waals surface area contributed by atoms with Gasteiger partial charge in [-0.05, 0) is 16.7 Å². The predicted octanol–water partition coefficient (Wildman–Crippen LogP) is 0.718. The molecule has 10 nitrogen and oxygen atoms in total. The zero-order chi connectivity index (χ0) is 13.4. The number of aromatic nitrogens is 6. The second kappa shape index (κ2) is 4.20. The van der Waals surface area contributed by atoms with Gasteiger partial charge in [-0.25, -0.2) is 19.9 Å². The predicted molar refractivity (Wildman–Crippen MR) is 65.5 cm³/mol. The van der Waals surface area contributed by atoms with Crippen molar-refractivity contribution in [3.05, 3.63) is 22.6 Å². The zero-order valence-electron chi connectivity index (χ0n) is 9.19. The number of hydrogen-bond acceptors (Lipinski definition) is 8. The van der Waals surface area contributed by atoms with E-state index < -0.39 is 4.92 Å². The number of nitro groups is 1. The van der Waals surface area contributed by atoms with Crippen molar-refractivity contribution in [3.8, 4) is 0 Å². The molecule has 4 N–H and O–H groups in total. The highest BCUT2D eigenvalue weighted by Gasteiger charge is 2.16. The topological polar surface area (TPSA) is 152 Å². The summed E-state index contributed by atoms with van der Waals surface area (Å²) < 4.78 is 0. The maximum absolute atomic E-state index is 10.6. The molecule has 11 heteroatoms. The molecule has 0 radical (unpaired) electrons. The summed E-state index contributed by atoms with van der Waals surface area (Å²) in [6, 6.07) is 0. The fourth-order valence-electron chi connectivity index (χ4n) is 1.43. The normalized spacial score (nSPS) is 10.9. The van der Waals surface area contributed by atoms with E-state index >= 15 is 0 Å². The lowest BCUT2D eigenvalue weighted by atomic mass is 10.5. The Labute approximate surface area is 109 Å². The van der Waals surface area contributed by atoms with Crippen molar-refractivity contribution in [1.82, 2.24) is 29.9 Å². The summed E-state index contributed by atoms with van der Waals surface area (Å²) in [6.07, 6.45) is 2.60. The number of fused-ring (bicyclic) bond motifs is 1. The smallest absolute Gasteiger partial charge is 0.341 e. The number of nitrogens with one attached hydrogen (secondary N) is 2. The average molecular weight is 278 g/mol. The number of rotatable bonds is 3. The van der Waals surface area contributed by atoms with E-state index in [-0.39, 0.29) is 11.8 Å². The van der Waals surface area contributed by atoms with Gasteiger partial charge in [0.15, 0.2) is 5.65 Å². The maximum Gasteiger partial charge on any atom is 0.341 e. The second-order valence-corrected chi connectivity index (χ2v) is 4.40. The molecule has 0 fully saturated rings. The van der Waals surface area contributed by atoms with Crippen LogP contribution in [0, 0.1) is 10.1 Å². The Morgan fingerprint density at radius 3 is 2.95 bits per heavy atom. The number of nitrogen functional groups attached to an aromatic ring is 1. The molecule has 0 aliphatic heterocycles. The van der Waals surface area contributed by atoms with E-state index in [9.17, 15) is 10.1 Å². The van der Waals surface area contributed by atoms with Crippen LogP contribution in [0.4, 0.5) is 11.8 Å². The fraction of sp³-hybridized carbons (Fsp3) is 0. The van der Waals surface area contributed by atoms with Gasteiger partial charge in [0.05, 0.1) is 6.33 Å². The first kappa shape index (κ1) is 11.4. The molecule has 19 heavy (non-hydrogen) atoms. The Kier molecular flexibility index (Phi) is 2.52. The van der Waals surface area contributed by atoms with Gasteiger partial charge in [-0.2, -0.15) is 4.98 Å². The van der Waals surface area contributed by atoms with Gasteiger partial charge in [-0.15, -0.1) is 0 Å². The van der Waals surface area contributed by atoms with Crippen LogP contribution in [0.3, 0.4) is 0 Å². The number of hydrogen-bond donors (Lipinski definition) is 3. The van der Waals surface area contributed by atoms with Crippen molar-refractivity contribution < 1.29 is 4.92 Å². The summed E-state index contributed by atoms with van der Waals surface area (Å²) in [5.74, 6) is -0.117. The maximum atomic E-state index is 10.6. The summed E-state index contributed by atoms with van der Waals surface area (Å²) in [7, 11) is 0. The molecule has 0 bridgehead atoms. The molecule has 3 heterocycles. The summed E-state index contributed by atoms with van der Waals surface area (Å²) in [6.45, 7) is 0. The minimum atomic E-state index is -0.558. The Morgan fingerprint density at radius 1 is 1.37 bits per heavy atom. The number of H-pyrrole nitrogens is 2. The lowest BCUT2D eigenvalue weighted by Gasteiger charge is -1.98. The van der Waals surface area contributed by atoms with Crippen LogP contribution in [0.5, 0.6) is 0 Å². The molecule has 96 valence electrons. The summed E-state index contributed by atoms with van der Waals surface area (Å²) in [5, 5.41) is 11.4. The second-order valence-electron chi connectivity index (χ2n) is 3.42. The lowest BCUT2D eigenvalue weighted by molar-refractivity contribution is -0.389. The van der Waals surface area contributed by atoms with Crippen LogP contribution in [-0.2, 0) is 0 Å². The van der Waals surface area contributed by atoms with Gasteiger partial charge in [0.1, 0.15) is 16.7 Å². The highest BCUT2D eigenvalue weighted by Crippen LogP contribution is 2.29. The van der Waals surface area contributed by atoms with Crippen LogP contribution in [0.25, 0.3) is 11.2 Å². The third-order valence-corrected chi connectivity index (χ3v) is 3.09. The molecule has 0 aliphatic carbocycles. The first-order valence-electron chi connectivity index (χ1n) is 4.97. The third-order valence-electron chi connectivity index (χ3n) is 2.20. The standard InChI is InChI=1S/C8H6N8O2S/c9-7-14-5-4(11-2-12-5)6(15-7)19-8-10-1-3(13-8)16(17)18/h1-2H,(H,10,13)(H3,9,11,12,14,15). The van der Waals surface area contributed by atoms with E-state index in [1.165, 1.54) is 6.33 Å². The number of anilines is 1. The molecule has 0 amide bonds.